The zero-order valence-electron chi connectivity index (χ0n) is 13.6. The maximum absolute atomic E-state index is 12.6. The second-order valence-electron chi connectivity index (χ2n) is 6.91. The predicted molar refractivity (Wildman–Crippen MR) is 82.1 cm³/mol. The van der Waals surface area contributed by atoms with Gasteiger partial charge in [0.2, 0.25) is 5.91 Å². The number of pyridine rings is 1. The van der Waals surface area contributed by atoms with E-state index in [0.717, 1.165) is 25.5 Å². The van der Waals surface area contributed by atoms with Gasteiger partial charge in [-0.15, -0.1) is 0 Å². The number of nitrogens with zero attached hydrogens (tertiary/aromatic N) is 2. The molecule has 1 saturated heterocycles. The number of rotatable bonds is 2. The van der Waals surface area contributed by atoms with Crippen molar-refractivity contribution in [2.24, 2.45) is 5.41 Å². The molecular weight excluding hydrogens is 307 g/mol. The third-order valence-electron chi connectivity index (χ3n) is 3.84. The lowest BCUT2D eigenvalue weighted by Crippen LogP contribution is -2.50. The van der Waals surface area contributed by atoms with Gasteiger partial charge in [-0.1, -0.05) is 20.8 Å². The summed E-state index contributed by atoms with van der Waals surface area (Å²) < 4.78 is 37.7. The van der Waals surface area contributed by atoms with Crippen LogP contribution in [0.3, 0.4) is 0 Å². The van der Waals surface area contributed by atoms with Gasteiger partial charge in [-0.2, -0.15) is 13.2 Å². The van der Waals surface area contributed by atoms with Gasteiger partial charge in [0.25, 0.3) is 0 Å². The Morgan fingerprint density at radius 1 is 1.30 bits per heavy atom. The van der Waals surface area contributed by atoms with E-state index in [1.165, 1.54) is 12.3 Å². The van der Waals surface area contributed by atoms with E-state index in [9.17, 15) is 18.0 Å². The molecule has 1 amide bonds. The Labute approximate surface area is 134 Å². The van der Waals surface area contributed by atoms with Gasteiger partial charge in [-0.25, -0.2) is 4.98 Å². The lowest BCUT2D eigenvalue weighted by Gasteiger charge is -2.35. The molecule has 1 aromatic rings. The third kappa shape index (κ3) is 4.59. The highest BCUT2D eigenvalue weighted by molar-refractivity contribution is 5.81. The molecule has 0 aromatic carbocycles. The van der Waals surface area contributed by atoms with Gasteiger partial charge in [-0.3, -0.25) is 4.79 Å². The average molecular weight is 329 g/mol. The molecule has 1 aromatic heterocycles. The SMILES string of the molecule is CC(C)(C)C(=O)NC1CCCN(c2ccc(C(F)(F)F)nc2)C1. The fourth-order valence-electron chi connectivity index (χ4n) is 2.47. The maximum Gasteiger partial charge on any atom is 0.433 e. The normalized spacial score (nSPS) is 19.6. The minimum absolute atomic E-state index is 0.00207. The molecule has 1 aliphatic rings. The first kappa shape index (κ1) is 17.6. The minimum Gasteiger partial charge on any atom is -0.368 e. The van der Waals surface area contributed by atoms with Crippen LogP contribution in [-0.2, 0) is 11.0 Å². The van der Waals surface area contributed by atoms with E-state index in [0.29, 0.717) is 12.2 Å². The summed E-state index contributed by atoms with van der Waals surface area (Å²) in [5.41, 5.74) is -0.707. The quantitative estimate of drug-likeness (QED) is 0.906. The summed E-state index contributed by atoms with van der Waals surface area (Å²) in [7, 11) is 0. The van der Waals surface area contributed by atoms with E-state index in [4.69, 9.17) is 0 Å². The molecule has 0 bridgehead atoms. The van der Waals surface area contributed by atoms with Crippen LogP contribution in [0.4, 0.5) is 18.9 Å². The van der Waals surface area contributed by atoms with E-state index in [2.05, 4.69) is 10.3 Å². The monoisotopic (exact) mass is 329 g/mol. The fraction of sp³-hybridized carbons (Fsp3) is 0.625. The Morgan fingerprint density at radius 3 is 2.52 bits per heavy atom. The summed E-state index contributed by atoms with van der Waals surface area (Å²) in [6, 6.07) is 2.42. The number of hydrogen-bond donors (Lipinski definition) is 1. The van der Waals surface area contributed by atoms with Crippen LogP contribution in [0.2, 0.25) is 0 Å². The van der Waals surface area contributed by atoms with Crippen LogP contribution < -0.4 is 10.2 Å². The number of carbonyl (C=O) groups excluding carboxylic acids is 1. The lowest BCUT2D eigenvalue weighted by atomic mass is 9.94. The Hall–Kier alpha value is -1.79. The highest BCUT2D eigenvalue weighted by Crippen LogP contribution is 2.29. The van der Waals surface area contributed by atoms with Crippen LogP contribution in [0, 0.1) is 5.41 Å². The number of amides is 1. The van der Waals surface area contributed by atoms with E-state index >= 15 is 0 Å². The largest absolute Gasteiger partial charge is 0.433 e. The number of halogens is 3. The predicted octanol–water partition coefficient (Wildman–Crippen LogP) is 3.23. The first-order valence-electron chi connectivity index (χ1n) is 7.66. The first-order chi connectivity index (χ1) is 10.6. The minimum atomic E-state index is -4.43. The molecule has 0 radical (unpaired) electrons. The highest BCUT2D eigenvalue weighted by Gasteiger charge is 2.32. The zero-order valence-corrected chi connectivity index (χ0v) is 13.6. The zero-order chi connectivity index (χ0) is 17.3. The molecule has 128 valence electrons. The Balaban J connectivity index is 2.02. The van der Waals surface area contributed by atoms with E-state index in [1.807, 2.05) is 25.7 Å². The van der Waals surface area contributed by atoms with Gasteiger partial charge in [0.05, 0.1) is 11.9 Å². The third-order valence-corrected chi connectivity index (χ3v) is 3.84. The number of alkyl halides is 3. The number of hydrogen-bond acceptors (Lipinski definition) is 3. The van der Waals surface area contributed by atoms with Crippen LogP contribution in [0.25, 0.3) is 0 Å². The van der Waals surface area contributed by atoms with Crippen molar-refractivity contribution < 1.29 is 18.0 Å². The van der Waals surface area contributed by atoms with E-state index in [-0.39, 0.29) is 11.9 Å². The van der Waals surface area contributed by atoms with Crippen molar-refractivity contribution in [2.75, 3.05) is 18.0 Å². The molecule has 1 unspecified atom stereocenters. The van der Waals surface area contributed by atoms with E-state index in [1.54, 1.807) is 0 Å². The van der Waals surface area contributed by atoms with Crippen molar-refractivity contribution in [1.82, 2.24) is 10.3 Å². The Kier molecular flexibility index (Phi) is 4.87. The highest BCUT2D eigenvalue weighted by atomic mass is 19.4. The summed E-state index contributed by atoms with van der Waals surface area (Å²) in [5.74, 6) is -0.0186. The van der Waals surface area contributed by atoms with Crippen LogP contribution in [0.1, 0.15) is 39.3 Å². The molecule has 1 N–H and O–H groups in total. The smallest absolute Gasteiger partial charge is 0.368 e. The molecule has 4 nitrogen and oxygen atoms in total. The van der Waals surface area contributed by atoms with Gasteiger partial charge in [-0.05, 0) is 25.0 Å². The van der Waals surface area contributed by atoms with Gasteiger partial charge >= 0.3 is 6.18 Å². The molecule has 0 aliphatic carbocycles. The van der Waals surface area contributed by atoms with Gasteiger partial charge < -0.3 is 10.2 Å². The van der Waals surface area contributed by atoms with Crippen molar-refractivity contribution in [3.63, 3.8) is 0 Å². The lowest BCUT2D eigenvalue weighted by molar-refractivity contribution is -0.141. The Morgan fingerprint density at radius 2 is 2.00 bits per heavy atom. The summed E-state index contributed by atoms with van der Waals surface area (Å²) in [4.78, 5) is 17.5. The number of anilines is 1. The summed E-state index contributed by atoms with van der Waals surface area (Å²) in [6.45, 7) is 6.87. The summed E-state index contributed by atoms with van der Waals surface area (Å²) in [6.07, 6.45) is -1.44. The van der Waals surface area contributed by atoms with Crippen LogP contribution in [0.15, 0.2) is 18.3 Å². The second-order valence-corrected chi connectivity index (χ2v) is 6.91. The van der Waals surface area contributed by atoms with Crippen molar-refractivity contribution in [2.45, 2.75) is 45.8 Å². The van der Waals surface area contributed by atoms with Gasteiger partial charge in [0.15, 0.2) is 0 Å². The van der Waals surface area contributed by atoms with Gasteiger partial charge in [0.1, 0.15) is 5.69 Å². The van der Waals surface area contributed by atoms with Crippen molar-refractivity contribution in [3.8, 4) is 0 Å². The maximum atomic E-state index is 12.6. The number of carbonyl (C=O) groups is 1. The summed E-state index contributed by atoms with van der Waals surface area (Å²) in [5, 5.41) is 3.01. The molecule has 1 aliphatic heterocycles. The second kappa shape index (κ2) is 6.37. The molecule has 2 rings (SSSR count). The molecule has 7 heteroatoms. The molecule has 1 atom stereocenters. The van der Waals surface area contributed by atoms with Crippen molar-refractivity contribution >= 4 is 11.6 Å². The first-order valence-corrected chi connectivity index (χ1v) is 7.66. The Bertz CT molecular complexity index is 549. The topological polar surface area (TPSA) is 45.2 Å². The fourth-order valence-corrected chi connectivity index (χ4v) is 2.47. The summed E-state index contributed by atoms with van der Waals surface area (Å²) >= 11 is 0. The standard InChI is InChI=1S/C16H22F3N3O/c1-15(2,3)14(23)21-11-5-4-8-22(10-11)12-6-7-13(20-9-12)16(17,18)19/h6-7,9,11H,4-5,8,10H2,1-3H3,(H,21,23). The number of aromatic nitrogens is 1. The van der Waals surface area contributed by atoms with Crippen molar-refractivity contribution in [1.29, 1.82) is 0 Å². The molecule has 0 saturated carbocycles. The molecule has 0 spiro atoms. The molecular formula is C16H22F3N3O. The van der Waals surface area contributed by atoms with Gasteiger partial charge in [0, 0.05) is 24.5 Å². The average Bonchev–Trinajstić information content (AvgIpc) is 2.46. The van der Waals surface area contributed by atoms with Crippen LogP contribution >= 0.6 is 0 Å². The van der Waals surface area contributed by atoms with Crippen LogP contribution in [-0.4, -0.2) is 30.0 Å². The molecule has 2 heterocycles. The number of nitrogens with one attached hydrogen (secondary N) is 1. The van der Waals surface area contributed by atoms with Crippen LogP contribution in [0.5, 0.6) is 0 Å². The number of piperidine rings is 1. The molecule has 1 fully saturated rings. The molecule has 23 heavy (non-hydrogen) atoms. The van der Waals surface area contributed by atoms with Crippen molar-refractivity contribution in [3.05, 3.63) is 24.0 Å². The van der Waals surface area contributed by atoms with E-state index < -0.39 is 17.3 Å².